The molecule has 0 aliphatic carbocycles. The number of benzene rings is 2. The summed E-state index contributed by atoms with van der Waals surface area (Å²) in [6, 6.07) is 10.9. The number of carbonyl (C=O) groups excluding carboxylic acids is 2. The molecule has 0 saturated heterocycles. The van der Waals surface area contributed by atoms with E-state index in [1.807, 2.05) is 32.0 Å². The monoisotopic (exact) mass is 396 g/mol. The van der Waals surface area contributed by atoms with Crippen molar-refractivity contribution in [1.82, 2.24) is 0 Å². The van der Waals surface area contributed by atoms with Gasteiger partial charge in [-0.15, -0.1) is 0 Å². The minimum Gasteiger partial charge on any atom is -0.490 e. The van der Waals surface area contributed by atoms with Crippen molar-refractivity contribution in [2.45, 2.75) is 40.0 Å². The van der Waals surface area contributed by atoms with Crippen molar-refractivity contribution in [3.8, 4) is 11.5 Å². The van der Waals surface area contributed by atoms with Crippen LogP contribution in [-0.2, 0) is 11.2 Å². The van der Waals surface area contributed by atoms with Gasteiger partial charge in [-0.05, 0) is 61.2 Å². The number of carbonyl (C=O) groups is 2. The van der Waals surface area contributed by atoms with Crippen molar-refractivity contribution in [1.29, 1.82) is 0 Å². The second-order valence-electron chi connectivity index (χ2n) is 7.08. The Kier molecular flexibility index (Phi) is 6.75. The third-order valence-corrected chi connectivity index (χ3v) is 4.74. The molecule has 2 aromatic rings. The topological polar surface area (TPSA) is 67.9 Å². The molecule has 0 radical (unpaired) electrons. The zero-order chi connectivity index (χ0) is 20.8. The highest BCUT2D eigenvalue weighted by Gasteiger charge is 2.22. The summed E-state index contributed by atoms with van der Waals surface area (Å²) in [6.45, 7) is 7.48. The summed E-state index contributed by atoms with van der Waals surface area (Å²) < 4.78 is 11.5. The zero-order valence-corrected chi connectivity index (χ0v) is 17.3. The first-order chi connectivity index (χ1) is 14.0. The maximum absolute atomic E-state index is 12.8. The smallest absolute Gasteiger partial charge is 0.255 e. The van der Waals surface area contributed by atoms with Crippen molar-refractivity contribution in [2.75, 3.05) is 30.0 Å². The molecule has 29 heavy (non-hydrogen) atoms. The van der Waals surface area contributed by atoms with Crippen LogP contribution in [0.2, 0.25) is 0 Å². The fourth-order valence-electron chi connectivity index (χ4n) is 3.32. The van der Waals surface area contributed by atoms with Crippen molar-refractivity contribution < 1.29 is 19.1 Å². The van der Waals surface area contributed by atoms with Crippen LogP contribution in [0.3, 0.4) is 0 Å². The van der Waals surface area contributed by atoms with E-state index in [4.69, 9.17) is 9.47 Å². The van der Waals surface area contributed by atoms with E-state index in [9.17, 15) is 9.59 Å². The number of fused-ring (bicyclic) bond motifs is 1. The summed E-state index contributed by atoms with van der Waals surface area (Å²) in [7, 11) is 0. The molecule has 0 aromatic heterocycles. The average Bonchev–Trinajstić information content (AvgIpc) is 3.14. The predicted molar refractivity (Wildman–Crippen MR) is 114 cm³/mol. The van der Waals surface area contributed by atoms with Crippen LogP contribution in [0.15, 0.2) is 36.4 Å². The highest BCUT2D eigenvalue weighted by molar-refractivity contribution is 6.05. The van der Waals surface area contributed by atoms with Crippen molar-refractivity contribution >= 4 is 23.2 Å². The van der Waals surface area contributed by atoms with Gasteiger partial charge in [0.1, 0.15) is 0 Å². The van der Waals surface area contributed by atoms with Gasteiger partial charge in [0, 0.05) is 30.4 Å². The quantitative estimate of drug-likeness (QED) is 0.717. The van der Waals surface area contributed by atoms with E-state index in [-0.39, 0.29) is 11.8 Å². The molecule has 154 valence electrons. The van der Waals surface area contributed by atoms with Crippen LogP contribution in [0.4, 0.5) is 11.4 Å². The van der Waals surface area contributed by atoms with Gasteiger partial charge in [0.05, 0.1) is 13.2 Å². The molecule has 0 saturated carbocycles. The number of ether oxygens (including phenoxy) is 2. The van der Waals surface area contributed by atoms with Gasteiger partial charge in [0.15, 0.2) is 11.5 Å². The van der Waals surface area contributed by atoms with Gasteiger partial charge >= 0.3 is 0 Å². The Morgan fingerprint density at radius 2 is 1.72 bits per heavy atom. The second kappa shape index (κ2) is 9.45. The highest BCUT2D eigenvalue weighted by Crippen LogP contribution is 2.32. The summed E-state index contributed by atoms with van der Waals surface area (Å²) in [4.78, 5) is 26.2. The summed E-state index contributed by atoms with van der Waals surface area (Å²) >= 11 is 0. The molecular formula is C23H28N2O4. The Bertz CT molecular complexity index is 894. The van der Waals surface area contributed by atoms with Gasteiger partial charge in [0.2, 0.25) is 5.91 Å². The van der Waals surface area contributed by atoms with E-state index < -0.39 is 0 Å². The number of hydrogen-bond acceptors (Lipinski definition) is 4. The summed E-state index contributed by atoms with van der Waals surface area (Å²) in [5, 5.41) is 2.94. The largest absolute Gasteiger partial charge is 0.490 e. The lowest BCUT2D eigenvalue weighted by Gasteiger charge is -2.15. The lowest BCUT2D eigenvalue weighted by molar-refractivity contribution is -0.116. The van der Waals surface area contributed by atoms with Gasteiger partial charge in [0.25, 0.3) is 5.91 Å². The standard InChI is InChI=1S/C23H28N2O4/c1-4-12-28-21-9-6-18(15-22(21)29-13-5-2)23(27)24-19-7-8-20-17(14-19)10-11-25(20)16(3)26/h6-9,14-15H,4-5,10-13H2,1-3H3,(H,24,27). The van der Waals surface area contributed by atoms with Crippen molar-refractivity contribution in [2.24, 2.45) is 0 Å². The van der Waals surface area contributed by atoms with E-state index in [1.165, 1.54) is 0 Å². The van der Waals surface area contributed by atoms with Crippen LogP contribution in [-0.4, -0.2) is 31.6 Å². The number of anilines is 2. The average molecular weight is 396 g/mol. The molecule has 1 aliphatic heterocycles. The Morgan fingerprint density at radius 1 is 1.00 bits per heavy atom. The van der Waals surface area contributed by atoms with Crippen LogP contribution in [0.25, 0.3) is 0 Å². The number of nitrogens with one attached hydrogen (secondary N) is 1. The van der Waals surface area contributed by atoms with E-state index in [0.29, 0.717) is 42.5 Å². The SMILES string of the molecule is CCCOc1ccc(C(=O)Nc2ccc3c(c2)CCN3C(C)=O)cc1OCCC. The van der Waals surface area contributed by atoms with Gasteiger partial charge in [-0.25, -0.2) is 0 Å². The minimum absolute atomic E-state index is 0.0329. The molecule has 0 fully saturated rings. The molecule has 1 N–H and O–H groups in total. The molecule has 6 nitrogen and oxygen atoms in total. The van der Waals surface area contributed by atoms with Gasteiger partial charge < -0.3 is 19.7 Å². The molecule has 0 spiro atoms. The van der Waals surface area contributed by atoms with E-state index in [1.54, 1.807) is 30.0 Å². The molecular weight excluding hydrogens is 368 g/mol. The third kappa shape index (κ3) is 4.88. The van der Waals surface area contributed by atoms with Crippen molar-refractivity contribution in [3.05, 3.63) is 47.5 Å². The maximum Gasteiger partial charge on any atom is 0.255 e. The number of amides is 2. The fraction of sp³-hybridized carbons (Fsp3) is 0.391. The lowest BCUT2D eigenvalue weighted by atomic mass is 10.1. The summed E-state index contributed by atoms with van der Waals surface area (Å²) in [5.74, 6) is 1.05. The second-order valence-corrected chi connectivity index (χ2v) is 7.08. The van der Waals surface area contributed by atoms with E-state index in [0.717, 1.165) is 30.5 Å². The van der Waals surface area contributed by atoms with Gasteiger partial charge in [-0.1, -0.05) is 13.8 Å². The predicted octanol–water partition coefficient (Wildman–Crippen LogP) is 4.43. The third-order valence-electron chi connectivity index (χ3n) is 4.74. The Balaban J connectivity index is 1.76. The first kappa shape index (κ1) is 20.7. The Hall–Kier alpha value is -3.02. The highest BCUT2D eigenvalue weighted by atomic mass is 16.5. The maximum atomic E-state index is 12.8. The molecule has 0 unspecified atom stereocenters. The van der Waals surface area contributed by atoms with E-state index >= 15 is 0 Å². The number of nitrogens with zero attached hydrogens (tertiary/aromatic N) is 1. The Morgan fingerprint density at radius 3 is 2.41 bits per heavy atom. The molecule has 3 rings (SSSR count). The van der Waals surface area contributed by atoms with Crippen LogP contribution < -0.4 is 19.7 Å². The molecule has 1 heterocycles. The fourth-order valence-corrected chi connectivity index (χ4v) is 3.32. The molecule has 2 amide bonds. The van der Waals surface area contributed by atoms with Crippen molar-refractivity contribution in [3.63, 3.8) is 0 Å². The summed E-state index contributed by atoms with van der Waals surface area (Å²) in [6.07, 6.45) is 2.56. The normalized spacial score (nSPS) is 12.4. The molecule has 6 heteroatoms. The van der Waals surface area contributed by atoms with Gasteiger partial charge in [-0.3, -0.25) is 9.59 Å². The van der Waals surface area contributed by atoms with Crippen LogP contribution in [0, 0.1) is 0 Å². The molecule has 0 atom stereocenters. The van der Waals surface area contributed by atoms with Crippen LogP contribution >= 0.6 is 0 Å². The zero-order valence-electron chi connectivity index (χ0n) is 17.3. The number of hydrogen-bond donors (Lipinski definition) is 1. The molecule has 0 bridgehead atoms. The summed E-state index contributed by atoms with van der Waals surface area (Å²) in [5.41, 5.74) is 3.20. The van der Waals surface area contributed by atoms with Gasteiger partial charge in [-0.2, -0.15) is 0 Å². The number of rotatable bonds is 8. The molecule has 2 aromatic carbocycles. The van der Waals surface area contributed by atoms with E-state index in [2.05, 4.69) is 5.32 Å². The van der Waals surface area contributed by atoms with Crippen LogP contribution in [0.1, 0.15) is 49.5 Å². The molecule has 1 aliphatic rings. The minimum atomic E-state index is -0.213. The lowest BCUT2D eigenvalue weighted by Crippen LogP contribution is -2.25. The van der Waals surface area contributed by atoms with Crippen LogP contribution in [0.5, 0.6) is 11.5 Å². The first-order valence-corrected chi connectivity index (χ1v) is 10.2. The first-order valence-electron chi connectivity index (χ1n) is 10.2. The Labute approximate surface area is 171 Å².